The van der Waals surface area contributed by atoms with E-state index in [1.807, 2.05) is 0 Å². The first-order valence-corrected chi connectivity index (χ1v) is 9.18. The largest absolute Gasteiger partial charge is 0.483 e. The second kappa shape index (κ2) is 9.04. The number of ether oxygens (including phenoxy) is 2. The molecule has 1 aliphatic heterocycles. The van der Waals surface area contributed by atoms with Gasteiger partial charge in [-0.1, -0.05) is 12.1 Å². The summed E-state index contributed by atoms with van der Waals surface area (Å²) in [5, 5.41) is 2.32. The molecule has 0 saturated carbocycles. The number of nitrogens with one attached hydrogen (secondary N) is 1. The van der Waals surface area contributed by atoms with Crippen molar-refractivity contribution in [2.45, 2.75) is 12.4 Å². The van der Waals surface area contributed by atoms with E-state index in [-0.39, 0.29) is 5.69 Å². The number of morpholine rings is 1. The van der Waals surface area contributed by atoms with E-state index in [0.29, 0.717) is 32.0 Å². The van der Waals surface area contributed by atoms with Crippen LogP contribution < -0.4 is 15.0 Å². The van der Waals surface area contributed by atoms with Gasteiger partial charge in [-0.3, -0.25) is 4.79 Å². The van der Waals surface area contributed by atoms with Gasteiger partial charge in [-0.05, 0) is 30.3 Å². The Morgan fingerprint density at radius 1 is 1.00 bits per heavy atom. The predicted molar refractivity (Wildman–Crippen MR) is 100 cm³/mol. The molecule has 1 aliphatic rings. The van der Waals surface area contributed by atoms with Gasteiger partial charge in [0.1, 0.15) is 5.75 Å². The number of amides is 1. The number of carbonyl (C=O) groups excluding carboxylic acids is 1. The number of halogens is 6. The second-order valence-electron chi connectivity index (χ2n) is 6.66. The van der Waals surface area contributed by atoms with Crippen molar-refractivity contribution in [3.05, 3.63) is 53.6 Å². The molecule has 0 aromatic heterocycles. The van der Waals surface area contributed by atoms with Gasteiger partial charge in [0.15, 0.2) is 6.61 Å². The highest BCUT2D eigenvalue weighted by molar-refractivity contribution is 5.95. The Bertz CT molecular complexity index is 924. The van der Waals surface area contributed by atoms with E-state index in [1.54, 1.807) is 4.90 Å². The Morgan fingerprint density at radius 3 is 2.32 bits per heavy atom. The van der Waals surface area contributed by atoms with Gasteiger partial charge in [-0.15, -0.1) is 0 Å². The van der Waals surface area contributed by atoms with Crippen LogP contribution in [-0.4, -0.2) is 38.8 Å². The van der Waals surface area contributed by atoms with Crippen LogP contribution in [0.1, 0.15) is 11.1 Å². The highest BCUT2D eigenvalue weighted by Gasteiger charge is 2.34. The number of benzene rings is 2. The lowest BCUT2D eigenvalue weighted by Gasteiger charge is -2.31. The Balaban J connectivity index is 1.78. The molecule has 2 aromatic rings. The standard InChI is InChI=1S/C20H18F6N2O3/c21-19(22,23)13-5-6-16(28-7-9-30-10-8-28)15(11-13)27-18(29)12-31-17-4-2-1-3-14(17)20(24,25)26/h1-6,11H,7-10,12H2,(H,27,29). The van der Waals surface area contributed by atoms with Crippen molar-refractivity contribution in [1.29, 1.82) is 0 Å². The van der Waals surface area contributed by atoms with Crippen molar-refractivity contribution >= 4 is 17.3 Å². The molecule has 0 radical (unpaired) electrons. The highest BCUT2D eigenvalue weighted by atomic mass is 19.4. The number of alkyl halides is 6. The molecule has 0 unspecified atom stereocenters. The lowest BCUT2D eigenvalue weighted by atomic mass is 10.1. The van der Waals surface area contributed by atoms with E-state index < -0.39 is 41.7 Å². The van der Waals surface area contributed by atoms with E-state index in [1.165, 1.54) is 18.2 Å². The van der Waals surface area contributed by atoms with Crippen molar-refractivity contribution in [2.24, 2.45) is 0 Å². The molecular weight excluding hydrogens is 430 g/mol. The lowest BCUT2D eigenvalue weighted by molar-refractivity contribution is -0.139. The summed E-state index contributed by atoms with van der Waals surface area (Å²) in [5.41, 5.74) is -1.80. The van der Waals surface area contributed by atoms with Crippen molar-refractivity contribution in [3.63, 3.8) is 0 Å². The summed E-state index contributed by atoms with van der Waals surface area (Å²) in [7, 11) is 0. The summed E-state index contributed by atoms with van der Waals surface area (Å²) in [4.78, 5) is 14.1. The van der Waals surface area contributed by atoms with Gasteiger partial charge < -0.3 is 19.7 Å². The van der Waals surface area contributed by atoms with Gasteiger partial charge in [0.25, 0.3) is 5.91 Å². The van der Waals surface area contributed by atoms with Gasteiger partial charge in [0.05, 0.1) is 35.7 Å². The fourth-order valence-corrected chi connectivity index (χ4v) is 3.05. The smallest absolute Gasteiger partial charge is 0.419 e. The highest BCUT2D eigenvalue weighted by Crippen LogP contribution is 2.37. The zero-order valence-corrected chi connectivity index (χ0v) is 16.0. The maximum absolute atomic E-state index is 13.1. The quantitative estimate of drug-likeness (QED) is 0.681. The van der Waals surface area contributed by atoms with Crippen LogP contribution in [0.25, 0.3) is 0 Å². The number of carbonyl (C=O) groups is 1. The van der Waals surface area contributed by atoms with Gasteiger partial charge >= 0.3 is 12.4 Å². The topological polar surface area (TPSA) is 50.8 Å². The summed E-state index contributed by atoms with van der Waals surface area (Å²) in [6.07, 6.45) is -9.32. The number of anilines is 2. The van der Waals surface area contributed by atoms with Crippen LogP contribution in [-0.2, 0) is 21.9 Å². The molecule has 1 amide bonds. The van der Waals surface area contributed by atoms with Gasteiger partial charge in [-0.2, -0.15) is 26.3 Å². The first kappa shape index (κ1) is 22.7. The number of hydrogen-bond acceptors (Lipinski definition) is 4. The van der Waals surface area contributed by atoms with E-state index in [4.69, 9.17) is 9.47 Å². The zero-order valence-electron chi connectivity index (χ0n) is 16.0. The summed E-state index contributed by atoms with van der Waals surface area (Å²) in [6.45, 7) is 0.733. The Hall–Kier alpha value is -2.95. The summed E-state index contributed by atoms with van der Waals surface area (Å²) in [6, 6.07) is 7.27. The van der Waals surface area contributed by atoms with Crippen LogP contribution in [0.4, 0.5) is 37.7 Å². The average molecular weight is 448 g/mol. The minimum absolute atomic E-state index is 0.116. The van der Waals surface area contributed by atoms with Crippen LogP contribution in [0, 0.1) is 0 Å². The molecular formula is C20H18F6N2O3. The molecule has 1 N–H and O–H groups in total. The molecule has 31 heavy (non-hydrogen) atoms. The van der Waals surface area contributed by atoms with Crippen molar-refractivity contribution in [3.8, 4) is 5.75 Å². The third kappa shape index (κ3) is 5.81. The Labute approximate surface area is 173 Å². The van der Waals surface area contributed by atoms with Crippen LogP contribution in [0.3, 0.4) is 0 Å². The molecule has 0 bridgehead atoms. The molecule has 168 valence electrons. The number of nitrogens with zero attached hydrogens (tertiary/aromatic N) is 1. The first-order chi connectivity index (χ1) is 14.6. The molecule has 1 saturated heterocycles. The summed E-state index contributed by atoms with van der Waals surface area (Å²) >= 11 is 0. The maximum Gasteiger partial charge on any atom is 0.419 e. The predicted octanol–water partition coefficient (Wildman–Crippen LogP) is 4.58. The SMILES string of the molecule is O=C(COc1ccccc1C(F)(F)F)Nc1cc(C(F)(F)F)ccc1N1CCOCC1. The van der Waals surface area contributed by atoms with Crippen LogP contribution in [0.2, 0.25) is 0 Å². The lowest BCUT2D eigenvalue weighted by Crippen LogP contribution is -2.37. The van der Waals surface area contributed by atoms with Crippen LogP contribution >= 0.6 is 0 Å². The molecule has 1 fully saturated rings. The molecule has 11 heteroatoms. The third-order valence-corrected chi connectivity index (χ3v) is 4.50. The first-order valence-electron chi connectivity index (χ1n) is 9.18. The van der Waals surface area contributed by atoms with Gasteiger partial charge in [0, 0.05) is 13.1 Å². The Kier molecular flexibility index (Phi) is 6.63. The number of rotatable bonds is 5. The summed E-state index contributed by atoms with van der Waals surface area (Å²) < 4.78 is 88.7. The van der Waals surface area contributed by atoms with Gasteiger partial charge in [0.2, 0.25) is 0 Å². The van der Waals surface area contributed by atoms with Crippen molar-refractivity contribution < 1.29 is 40.6 Å². The third-order valence-electron chi connectivity index (χ3n) is 4.50. The van der Waals surface area contributed by atoms with Crippen LogP contribution in [0.5, 0.6) is 5.75 Å². The molecule has 3 rings (SSSR count). The normalized spacial score (nSPS) is 15.0. The Morgan fingerprint density at radius 2 is 1.68 bits per heavy atom. The van der Waals surface area contributed by atoms with E-state index in [9.17, 15) is 31.1 Å². The van der Waals surface area contributed by atoms with Crippen LogP contribution in [0.15, 0.2) is 42.5 Å². The monoisotopic (exact) mass is 448 g/mol. The molecule has 2 aromatic carbocycles. The van der Waals surface area contributed by atoms with E-state index >= 15 is 0 Å². The van der Waals surface area contributed by atoms with Crippen molar-refractivity contribution in [1.82, 2.24) is 0 Å². The minimum atomic E-state index is -4.68. The number of para-hydroxylation sites is 1. The minimum Gasteiger partial charge on any atom is -0.483 e. The molecule has 0 atom stereocenters. The fourth-order valence-electron chi connectivity index (χ4n) is 3.05. The average Bonchev–Trinajstić information content (AvgIpc) is 2.72. The fraction of sp³-hybridized carbons (Fsp3) is 0.350. The van der Waals surface area contributed by atoms with E-state index in [2.05, 4.69) is 5.32 Å². The maximum atomic E-state index is 13.1. The zero-order chi connectivity index (χ0) is 22.6. The molecule has 5 nitrogen and oxygen atoms in total. The number of hydrogen-bond donors (Lipinski definition) is 1. The van der Waals surface area contributed by atoms with E-state index in [0.717, 1.165) is 24.3 Å². The van der Waals surface area contributed by atoms with Crippen molar-refractivity contribution in [2.75, 3.05) is 43.1 Å². The molecule has 1 heterocycles. The van der Waals surface area contributed by atoms with Gasteiger partial charge in [-0.25, -0.2) is 0 Å². The molecule has 0 aliphatic carbocycles. The summed E-state index contributed by atoms with van der Waals surface area (Å²) in [5.74, 6) is -1.45. The molecule has 0 spiro atoms. The second-order valence-corrected chi connectivity index (χ2v) is 6.66.